The van der Waals surface area contributed by atoms with Gasteiger partial charge in [0.15, 0.2) is 0 Å². The Bertz CT molecular complexity index is 144. The molecule has 0 aromatic heterocycles. The largest absolute Gasteiger partial charge is 0.395 e. The van der Waals surface area contributed by atoms with Gasteiger partial charge in [-0.3, -0.25) is 4.90 Å². The molecule has 4 heteroatoms. The molecule has 90 valence electrons. The van der Waals surface area contributed by atoms with Gasteiger partial charge in [0.2, 0.25) is 0 Å². The van der Waals surface area contributed by atoms with Crippen molar-refractivity contribution in [2.75, 3.05) is 39.4 Å². The maximum atomic E-state index is 8.83. The Morgan fingerprint density at radius 3 is 2.13 bits per heavy atom. The molecule has 0 heterocycles. The smallest absolute Gasteiger partial charge is 0.0558 e. The van der Waals surface area contributed by atoms with Crippen LogP contribution in [0.5, 0.6) is 0 Å². The van der Waals surface area contributed by atoms with Crippen molar-refractivity contribution in [2.24, 2.45) is 0 Å². The Labute approximate surface area is 92.3 Å². The van der Waals surface area contributed by atoms with Crippen molar-refractivity contribution >= 4 is 0 Å². The van der Waals surface area contributed by atoms with E-state index in [1.165, 1.54) is 25.7 Å². The van der Waals surface area contributed by atoms with E-state index in [2.05, 4.69) is 10.2 Å². The van der Waals surface area contributed by atoms with Gasteiger partial charge in [-0.15, -0.1) is 0 Å². The Hall–Kier alpha value is -0.160. The number of aliphatic hydroxyl groups is 2. The first-order chi connectivity index (χ1) is 7.36. The summed E-state index contributed by atoms with van der Waals surface area (Å²) in [6.07, 6.45) is 5.32. The summed E-state index contributed by atoms with van der Waals surface area (Å²) in [5.41, 5.74) is 0. The quantitative estimate of drug-likeness (QED) is 0.526. The second-order valence-corrected chi connectivity index (χ2v) is 4.22. The lowest BCUT2D eigenvalue weighted by atomic mass is 10.2. The Morgan fingerprint density at radius 1 is 1.00 bits per heavy atom. The molecular formula is C11H24N2O2. The number of hydrogen-bond donors (Lipinski definition) is 3. The summed E-state index contributed by atoms with van der Waals surface area (Å²) in [5.74, 6) is 0. The topological polar surface area (TPSA) is 55.7 Å². The normalized spacial score (nSPS) is 17.8. The summed E-state index contributed by atoms with van der Waals surface area (Å²) in [5, 5.41) is 21.2. The van der Waals surface area contributed by atoms with Crippen molar-refractivity contribution in [3.05, 3.63) is 0 Å². The van der Waals surface area contributed by atoms with Crippen molar-refractivity contribution in [3.63, 3.8) is 0 Å². The SMILES string of the molecule is OCCN(CCO)CCNC1CCCC1. The Balaban J connectivity index is 2.04. The van der Waals surface area contributed by atoms with Crippen LogP contribution in [-0.4, -0.2) is 60.5 Å². The lowest BCUT2D eigenvalue weighted by Crippen LogP contribution is -2.38. The van der Waals surface area contributed by atoms with Gasteiger partial charge in [-0.2, -0.15) is 0 Å². The van der Waals surface area contributed by atoms with E-state index in [1.54, 1.807) is 0 Å². The lowest BCUT2D eigenvalue weighted by Gasteiger charge is -2.21. The highest BCUT2D eigenvalue weighted by Crippen LogP contribution is 2.17. The second kappa shape index (κ2) is 8.05. The standard InChI is InChI=1S/C11H24N2O2/c14-9-7-13(8-10-15)6-5-12-11-3-1-2-4-11/h11-12,14-15H,1-10H2. The summed E-state index contributed by atoms with van der Waals surface area (Å²) >= 11 is 0. The molecule has 1 aliphatic rings. The van der Waals surface area contributed by atoms with Crippen molar-refractivity contribution in [3.8, 4) is 0 Å². The molecule has 0 aromatic carbocycles. The van der Waals surface area contributed by atoms with Crippen molar-refractivity contribution in [2.45, 2.75) is 31.7 Å². The number of nitrogens with zero attached hydrogens (tertiary/aromatic N) is 1. The first-order valence-corrected chi connectivity index (χ1v) is 6.04. The predicted octanol–water partition coefficient (Wildman–Crippen LogP) is -0.195. The van der Waals surface area contributed by atoms with Gasteiger partial charge < -0.3 is 15.5 Å². The molecule has 0 saturated heterocycles. The van der Waals surface area contributed by atoms with Crippen LogP contribution in [0.15, 0.2) is 0 Å². The molecule has 1 saturated carbocycles. The van der Waals surface area contributed by atoms with E-state index in [-0.39, 0.29) is 13.2 Å². The van der Waals surface area contributed by atoms with E-state index in [4.69, 9.17) is 10.2 Å². The first kappa shape index (κ1) is 12.9. The third kappa shape index (κ3) is 5.47. The third-order valence-corrected chi connectivity index (χ3v) is 3.05. The molecule has 0 amide bonds. The molecule has 0 unspecified atom stereocenters. The molecule has 1 aliphatic carbocycles. The molecule has 0 spiro atoms. The van der Waals surface area contributed by atoms with Crippen molar-refractivity contribution < 1.29 is 10.2 Å². The van der Waals surface area contributed by atoms with E-state index >= 15 is 0 Å². The third-order valence-electron chi connectivity index (χ3n) is 3.05. The molecule has 0 aliphatic heterocycles. The average Bonchev–Trinajstić information content (AvgIpc) is 2.71. The molecule has 15 heavy (non-hydrogen) atoms. The van der Waals surface area contributed by atoms with Crippen LogP contribution >= 0.6 is 0 Å². The monoisotopic (exact) mass is 216 g/mol. The van der Waals surface area contributed by atoms with E-state index in [0.717, 1.165) is 13.1 Å². The van der Waals surface area contributed by atoms with Gasteiger partial charge >= 0.3 is 0 Å². The van der Waals surface area contributed by atoms with Gasteiger partial charge in [0.1, 0.15) is 0 Å². The fraction of sp³-hybridized carbons (Fsp3) is 1.00. The predicted molar refractivity (Wildman–Crippen MR) is 60.9 cm³/mol. The van der Waals surface area contributed by atoms with E-state index in [9.17, 15) is 0 Å². The Morgan fingerprint density at radius 2 is 1.60 bits per heavy atom. The van der Waals surface area contributed by atoms with Crippen LogP contribution < -0.4 is 5.32 Å². The van der Waals surface area contributed by atoms with Crippen LogP contribution in [0, 0.1) is 0 Å². The van der Waals surface area contributed by atoms with Gasteiger partial charge in [0.05, 0.1) is 13.2 Å². The average molecular weight is 216 g/mol. The zero-order chi connectivity index (χ0) is 10.9. The minimum Gasteiger partial charge on any atom is -0.395 e. The van der Waals surface area contributed by atoms with Crippen LogP contribution in [0.2, 0.25) is 0 Å². The minimum atomic E-state index is 0.170. The summed E-state index contributed by atoms with van der Waals surface area (Å²) in [4.78, 5) is 2.09. The lowest BCUT2D eigenvalue weighted by molar-refractivity contribution is 0.160. The van der Waals surface area contributed by atoms with Gasteiger partial charge in [-0.1, -0.05) is 12.8 Å². The highest BCUT2D eigenvalue weighted by Gasteiger charge is 2.13. The zero-order valence-corrected chi connectivity index (χ0v) is 9.49. The second-order valence-electron chi connectivity index (χ2n) is 4.22. The summed E-state index contributed by atoms with van der Waals surface area (Å²) in [6.45, 7) is 3.54. The van der Waals surface area contributed by atoms with Gasteiger partial charge in [-0.05, 0) is 12.8 Å². The van der Waals surface area contributed by atoms with Crippen molar-refractivity contribution in [1.82, 2.24) is 10.2 Å². The molecular weight excluding hydrogens is 192 g/mol. The molecule has 0 bridgehead atoms. The van der Waals surface area contributed by atoms with Crippen LogP contribution in [0.4, 0.5) is 0 Å². The number of hydrogen-bond acceptors (Lipinski definition) is 4. The van der Waals surface area contributed by atoms with E-state index in [1.807, 2.05) is 0 Å². The molecule has 0 aromatic rings. The van der Waals surface area contributed by atoms with Gasteiger partial charge in [0, 0.05) is 32.2 Å². The van der Waals surface area contributed by atoms with Crippen LogP contribution in [0.3, 0.4) is 0 Å². The summed E-state index contributed by atoms with van der Waals surface area (Å²) < 4.78 is 0. The maximum absolute atomic E-state index is 8.83. The molecule has 4 nitrogen and oxygen atoms in total. The van der Waals surface area contributed by atoms with Crippen LogP contribution in [-0.2, 0) is 0 Å². The molecule has 3 N–H and O–H groups in total. The van der Waals surface area contributed by atoms with Crippen LogP contribution in [0.1, 0.15) is 25.7 Å². The summed E-state index contributed by atoms with van der Waals surface area (Å²) in [6, 6.07) is 0.704. The zero-order valence-electron chi connectivity index (χ0n) is 9.49. The fourth-order valence-corrected chi connectivity index (χ4v) is 2.17. The number of aliphatic hydroxyl groups excluding tert-OH is 2. The number of rotatable bonds is 8. The van der Waals surface area contributed by atoms with Gasteiger partial charge in [0.25, 0.3) is 0 Å². The summed E-state index contributed by atoms with van der Waals surface area (Å²) in [7, 11) is 0. The van der Waals surface area contributed by atoms with Crippen molar-refractivity contribution in [1.29, 1.82) is 0 Å². The van der Waals surface area contributed by atoms with Gasteiger partial charge in [-0.25, -0.2) is 0 Å². The number of nitrogens with one attached hydrogen (secondary N) is 1. The molecule has 0 atom stereocenters. The highest BCUT2D eigenvalue weighted by molar-refractivity contribution is 4.74. The molecule has 1 rings (SSSR count). The van der Waals surface area contributed by atoms with E-state index in [0.29, 0.717) is 19.1 Å². The fourth-order valence-electron chi connectivity index (χ4n) is 2.17. The highest BCUT2D eigenvalue weighted by atomic mass is 16.3. The molecule has 1 fully saturated rings. The minimum absolute atomic E-state index is 0.170. The first-order valence-electron chi connectivity index (χ1n) is 6.04. The van der Waals surface area contributed by atoms with E-state index < -0.39 is 0 Å². The Kier molecular flexibility index (Phi) is 6.92. The maximum Gasteiger partial charge on any atom is 0.0558 e. The van der Waals surface area contributed by atoms with Crippen LogP contribution in [0.25, 0.3) is 0 Å². The molecule has 0 radical (unpaired) electrons.